The van der Waals surface area contributed by atoms with E-state index in [0.29, 0.717) is 16.5 Å². The first kappa shape index (κ1) is 17.3. The van der Waals surface area contributed by atoms with Gasteiger partial charge in [0, 0.05) is 16.8 Å². The summed E-state index contributed by atoms with van der Waals surface area (Å²) in [5.41, 5.74) is 0.203. The molecule has 2 aromatic rings. The van der Waals surface area contributed by atoms with Crippen LogP contribution in [0.5, 0.6) is 0 Å². The smallest absolute Gasteiger partial charge is 0.349 e. The number of nitrogens with one attached hydrogen (secondary N) is 1. The van der Waals surface area contributed by atoms with Gasteiger partial charge in [-0.3, -0.25) is 4.79 Å². The Morgan fingerprint density at radius 1 is 1.38 bits per heavy atom. The van der Waals surface area contributed by atoms with Gasteiger partial charge in [-0.15, -0.1) is 0 Å². The van der Waals surface area contributed by atoms with Crippen molar-refractivity contribution in [2.75, 3.05) is 5.32 Å². The standard InChI is InChI=1S/C17H13ClN2O4/c1-11(16(21)20-14-5-2-4-13(18)9-14)24-17(22)12(10-19)8-15-6-3-7-23-15/h2-9,11H,1H3,(H,20,21)/b12-8+/t11-/m0/s1. The molecule has 1 heterocycles. The van der Waals surface area contributed by atoms with Crippen molar-refractivity contribution in [2.24, 2.45) is 0 Å². The van der Waals surface area contributed by atoms with Crippen molar-refractivity contribution in [1.82, 2.24) is 0 Å². The molecule has 0 saturated carbocycles. The van der Waals surface area contributed by atoms with Gasteiger partial charge in [-0.25, -0.2) is 4.79 Å². The molecule has 0 fully saturated rings. The summed E-state index contributed by atoms with van der Waals surface area (Å²) in [7, 11) is 0. The van der Waals surface area contributed by atoms with Crippen LogP contribution in [0, 0.1) is 11.3 Å². The van der Waals surface area contributed by atoms with Crippen molar-refractivity contribution in [3.63, 3.8) is 0 Å². The van der Waals surface area contributed by atoms with Crippen LogP contribution in [-0.4, -0.2) is 18.0 Å². The fourth-order valence-electron chi connectivity index (χ4n) is 1.74. The van der Waals surface area contributed by atoms with Gasteiger partial charge in [0.05, 0.1) is 6.26 Å². The van der Waals surface area contributed by atoms with Gasteiger partial charge in [0.1, 0.15) is 17.4 Å². The molecule has 6 nitrogen and oxygen atoms in total. The Balaban J connectivity index is 2.00. The Bertz CT molecular complexity index is 806. The summed E-state index contributed by atoms with van der Waals surface area (Å²) < 4.78 is 10.0. The number of ether oxygens (including phenoxy) is 1. The fraction of sp³-hybridized carbons (Fsp3) is 0.118. The van der Waals surface area contributed by atoms with Crippen molar-refractivity contribution in [1.29, 1.82) is 5.26 Å². The number of amides is 1. The number of benzene rings is 1. The van der Waals surface area contributed by atoms with Crippen molar-refractivity contribution in [3.8, 4) is 6.07 Å². The lowest BCUT2D eigenvalue weighted by atomic mass is 10.2. The van der Waals surface area contributed by atoms with Crippen LogP contribution in [0.1, 0.15) is 12.7 Å². The molecule has 0 bridgehead atoms. The minimum absolute atomic E-state index is 0.271. The Morgan fingerprint density at radius 3 is 2.79 bits per heavy atom. The summed E-state index contributed by atoms with van der Waals surface area (Å²) in [6.45, 7) is 1.40. The second-order valence-corrected chi connectivity index (χ2v) is 5.17. The summed E-state index contributed by atoms with van der Waals surface area (Å²) >= 11 is 5.83. The third-order valence-electron chi connectivity index (χ3n) is 2.92. The zero-order valence-corrected chi connectivity index (χ0v) is 13.4. The number of furan rings is 1. The number of rotatable bonds is 5. The molecule has 24 heavy (non-hydrogen) atoms. The first-order valence-electron chi connectivity index (χ1n) is 6.92. The summed E-state index contributed by atoms with van der Waals surface area (Å²) in [5, 5.41) is 12.1. The molecule has 0 aliphatic rings. The highest BCUT2D eigenvalue weighted by molar-refractivity contribution is 6.30. The second-order valence-electron chi connectivity index (χ2n) is 4.73. The number of nitrogens with zero attached hydrogens (tertiary/aromatic N) is 1. The number of hydrogen-bond donors (Lipinski definition) is 1. The van der Waals surface area contributed by atoms with Crippen molar-refractivity contribution in [3.05, 3.63) is 59.0 Å². The molecule has 1 atom stereocenters. The topological polar surface area (TPSA) is 92.3 Å². The summed E-state index contributed by atoms with van der Waals surface area (Å²) in [6.07, 6.45) is 1.56. The van der Waals surface area contributed by atoms with Crippen molar-refractivity contribution < 1.29 is 18.7 Å². The monoisotopic (exact) mass is 344 g/mol. The molecule has 0 spiro atoms. The predicted molar refractivity (Wildman–Crippen MR) is 87.9 cm³/mol. The minimum Gasteiger partial charge on any atom is -0.465 e. The third-order valence-corrected chi connectivity index (χ3v) is 3.15. The second kappa shape index (κ2) is 7.99. The molecule has 1 amide bonds. The maximum Gasteiger partial charge on any atom is 0.349 e. The van der Waals surface area contributed by atoms with Crippen LogP contribution >= 0.6 is 11.6 Å². The average molecular weight is 345 g/mol. The third kappa shape index (κ3) is 4.73. The van der Waals surface area contributed by atoms with Gasteiger partial charge in [-0.05, 0) is 37.3 Å². The van der Waals surface area contributed by atoms with E-state index in [4.69, 9.17) is 26.0 Å². The number of hydrogen-bond acceptors (Lipinski definition) is 5. The molecule has 0 saturated heterocycles. The van der Waals surface area contributed by atoms with Crippen LogP contribution in [0.15, 0.2) is 52.7 Å². The summed E-state index contributed by atoms with van der Waals surface area (Å²) in [5.74, 6) is -1.12. The highest BCUT2D eigenvalue weighted by atomic mass is 35.5. The van der Waals surface area contributed by atoms with Crippen LogP contribution in [0.25, 0.3) is 6.08 Å². The van der Waals surface area contributed by atoms with Crippen molar-refractivity contribution in [2.45, 2.75) is 13.0 Å². The Hall–Kier alpha value is -3.04. The quantitative estimate of drug-likeness (QED) is 0.509. The van der Waals surface area contributed by atoms with Crippen LogP contribution in [0.4, 0.5) is 5.69 Å². The maximum atomic E-state index is 12.0. The van der Waals surface area contributed by atoms with E-state index < -0.39 is 18.0 Å². The SMILES string of the molecule is C[C@H](OC(=O)/C(C#N)=C/c1ccco1)C(=O)Nc1cccc(Cl)c1. The summed E-state index contributed by atoms with van der Waals surface area (Å²) in [4.78, 5) is 24.0. The number of carbonyl (C=O) groups is 2. The van der Waals surface area contributed by atoms with E-state index in [1.165, 1.54) is 19.3 Å². The van der Waals surface area contributed by atoms with Gasteiger partial charge in [-0.2, -0.15) is 5.26 Å². The Kier molecular flexibility index (Phi) is 5.77. The molecule has 0 aliphatic heterocycles. The van der Waals surface area contributed by atoms with Gasteiger partial charge in [-0.1, -0.05) is 17.7 Å². The van der Waals surface area contributed by atoms with E-state index in [0.717, 1.165) is 0 Å². The molecule has 0 radical (unpaired) electrons. The van der Waals surface area contributed by atoms with E-state index in [1.807, 2.05) is 0 Å². The van der Waals surface area contributed by atoms with Crippen LogP contribution < -0.4 is 5.32 Å². The zero-order chi connectivity index (χ0) is 17.5. The predicted octanol–water partition coefficient (Wildman–Crippen LogP) is 3.41. The first-order chi connectivity index (χ1) is 11.5. The number of esters is 1. The van der Waals surface area contributed by atoms with Crippen LogP contribution in [0.2, 0.25) is 5.02 Å². The number of anilines is 1. The van der Waals surface area contributed by atoms with Crippen molar-refractivity contribution >= 4 is 35.2 Å². The van der Waals surface area contributed by atoms with E-state index in [2.05, 4.69) is 5.32 Å². The van der Waals surface area contributed by atoms with Gasteiger partial charge in [0.2, 0.25) is 0 Å². The molecule has 7 heteroatoms. The maximum absolute atomic E-state index is 12.0. The molecule has 0 unspecified atom stereocenters. The average Bonchev–Trinajstić information content (AvgIpc) is 3.05. The number of carbonyl (C=O) groups excluding carboxylic acids is 2. The largest absolute Gasteiger partial charge is 0.465 e. The van der Waals surface area contributed by atoms with Crippen LogP contribution in [0.3, 0.4) is 0 Å². The fourth-order valence-corrected chi connectivity index (χ4v) is 1.93. The van der Waals surface area contributed by atoms with E-state index in [9.17, 15) is 9.59 Å². The number of halogens is 1. The zero-order valence-electron chi connectivity index (χ0n) is 12.7. The van der Waals surface area contributed by atoms with E-state index in [1.54, 1.807) is 42.5 Å². The van der Waals surface area contributed by atoms with E-state index in [-0.39, 0.29) is 5.57 Å². The Labute approximate surface area is 143 Å². The van der Waals surface area contributed by atoms with E-state index >= 15 is 0 Å². The highest BCUT2D eigenvalue weighted by Gasteiger charge is 2.21. The van der Waals surface area contributed by atoms with Gasteiger partial charge >= 0.3 is 5.97 Å². The lowest BCUT2D eigenvalue weighted by Crippen LogP contribution is -2.30. The van der Waals surface area contributed by atoms with Crippen LogP contribution in [-0.2, 0) is 14.3 Å². The Morgan fingerprint density at radius 2 is 2.17 bits per heavy atom. The molecule has 1 aromatic heterocycles. The normalized spacial score (nSPS) is 12.1. The first-order valence-corrected chi connectivity index (χ1v) is 7.30. The van der Waals surface area contributed by atoms with Gasteiger partial charge < -0.3 is 14.5 Å². The molecular weight excluding hydrogens is 332 g/mol. The highest BCUT2D eigenvalue weighted by Crippen LogP contribution is 2.16. The number of nitriles is 1. The minimum atomic E-state index is -1.09. The molecule has 0 aliphatic carbocycles. The molecule has 1 aromatic carbocycles. The lowest BCUT2D eigenvalue weighted by molar-refractivity contribution is -0.148. The molecule has 122 valence electrons. The molecular formula is C17H13ClN2O4. The van der Waals surface area contributed by atoms with Gasteiger partial charge in [0.15, 0.2) is 6.10 Å². The molecule has 2 rings (SSSR count). The van der Waals surface area contributed by atoms with Gasteiger partial charge in [0.25, 0.3) is 5.91 Å². The summed E-state index contributed by atoms with van der Waals surface area (Å²) in [6, 6.07) is 11.5. The molecule has 1 N–H and O–H groups in total. The lowest BCUT2D eigenvalue weighted by Gasteiger charge is -2.13.